The second kappa shape index (κ2) is 9.26. The van der Waals surface area contributed by atoms with Crippen molar-refractivity contribution >= 4 is 12.1 Å². The van der Waals surface area contributed by atoms with E-state index in [0.29, 0.717) is 5.57 Å². The van der Waals surface area contributed by atoms with Crippen LogP contribution in [0, 0.1) is 0 Å². The van der Waals surface area contributed by atoms with E-state index in [-0.39, 0.29) is 26.4 Å². The van der Waals surface area contributed by atoms with Crippen LogP contribution in [0.4, 0.5) is 4.79 Å². The van der Waals surface area contributed by atoms with Gasteiger partial charge >= 0.3 is 12.1 Å². The smallest absolute Gasteiger partial charge is 0.407 e. The van der Waals surface area contributed by atoms with E-state index in [1.807, 2.05) is 0 Å². The number of alkyl carbamates (subject to hydrolysis) is 1. The van der Waals surface area contributed by atoms with Gasteiger partial charge in [-0.2, -0.15) is 0 Å². The molecule has 0 atom stereocenters. The summed E-state index contributed by atoms with van der Waals surface area (Å²) < 4.78 is 14.2. The van der Waals surface area contributed by atoms with Gasteiger partial charge in [0.1, 0.15) is 19.8 Å². The van der Waals surface area contributed by atoms with Crippen LogP contribution in [-0.2, 0) is 19.0 Å². The molecule has 96 valence electrons. The largest absolute Gasteiger partial charge is 0.498 e. The first-order chi connectivity index (χ1) is 8.07. The van der Waals surface area contributed by atoms with Gasteiger partial charge < -0.3 is 19.5 Å². The highest BCUT2D eigenvalue weighted by Gasteiger charge is 2.04. The lowest BCUT2D eigenvalue weighted by Gasteiger charge is -2.07. The van der Waals surface area contributed by atoms with E-state index in [1.165, 1.54) is 6.26 Å². The molecule has 0 unspecified atom stereocenters. The van der Waals surface area contributed by atoms with Crippen LogP contribution in [0.1, 0.15) is 6.92 Å². The summed E-state index contributed by atoms with van der Waals surface area (Å²) in [5.41, 5.74) is 0.314. The molecule has 0 aliphatic heterocycles. The molecule has 0 spiro atoms. The Morgan fingerprint density at radius 2 is 1.94 bits per heavy atom. The zero-order chi connectivity index (χ0) is 13.1. The van der Waals surface area contributed by atoms with Crippen molar-refractivity contribution in [2.75, 3.05) is 26.4 Å². The summed E-state index contributed by atoms with van der Waals surface area (Å²) in [7, 11) is 0. The fraction of sp³-hybridized carbons (Fsp3) is 0.455. The third kappa shape index (κ3) is 8.98. The molecular weight excluding hydrogens is 226 g/mol. The monoisotopic (exact) mass is 243 g/mol. The standard InChI is InChI=1S/C11H17NO5/c1-4-15-7-8-17-11(14)12-5-6-16-10(13)9(2)3/h4H,1-2,5-8H2,3H3,(H,12,14). The van der Waals surface area contributed by atoms with Gasteiger partial charge in [0.25, 0.3) is 0 Å². The fourth-order valence-corrected chi connectivity index (χ4v) is 0.737. The Bertz CT molecular complexity index is 288. The predicted octanol–water partition coefficient (Wildman–Crippen LogP) is 0.992. The molecule has 0 saturated heterocycles. The second-order valence-corrected chi connectivity index (χ2v) is 3.02. The van der Waals surface area contributed by atoms with Crippen molar-refractivity contribution in [3.05, 3.63) is 25.0 Å². The van der Waals surface area contributed by atoms with Crippen LogP contribution in [-0.4, -0.2) is 38.4 Å². The van der Waals surface area contributed by atoms with E-state index in [1.54, 1.807) is 6.92 Å². The molecule has 0 radical (unpaired) electrons. The van der Waals surface area contributed by atoms with Crippen molar-refractivity contribution in [2.45, 2.75) is 6.92 Å². The molecule has 0 aromatic carbocycles. The third-order valence-electron chi connectivity index (χ3n) is 1.51. The Morgan fingerprint density at radius 1 is 1.24 bits per heavy atom. The Balaban J connectivity index is 3.42. The summed E-state index contributed by atoms with van der Waals surface area (Å²) in [5.74, 6) is -0.487. The van der Waals surface area contributed by atoms with Gasteiger partial charge in [0.2, 0.25) is 0 Å². The topological polar surface area (TPSA) is 73.9 Å². The second-order valence-electron chi connectivity index (χ2n) is 3.02. The molecule has 6 heteroatoms. The first-order valence-corrected chi connectivity index (χ1v) is 5.03. The first kappa shape index (κ1) is 15.0. The number of nitrogens with one attached hydrogen (secondary N) is 1. The minimum atomic E-state index is -0.593. The number of carbonyl (C=O) groups excluding carboxylic acids is 2. The molecule has 0 heterocycles. The van der Waals surface area contributed by atoms with Crippen LogP contribution >= 0.6 is 0 Å². The van der Waals surface area contributed by atoms with Crippen LogP contribution in [0.5, 0.6) is 0 Å². The molecule has 0 aromatic heterocycles. The summed E-state index contributed by atoms with van der Waals surface area (Å²) in [6, 6.07) is 0. The fourth-order valence-electron chi connectivity index (χ4n) is 0.737. The lowest BCUT2D eigenvalue weighted by molar-refractivity contribution is -0.138. The van der Waals surface area contributed by atoms with Gasteiger partial charge in [-0.3, -0.25) is 0 Å². The van der Waals surface area contributed by atoms with Crippen molar-refractivity contribution < 1.29 is 23.8 Å². The van der Waals surface area contributed by atoms with E-state index in [2.05, 4.69) is 18.5 Å². The molecule has 1 amide bonds. The van der Waals surface area contributed by atoms with E-state index >= 15 is 0 Å². The SMILES string of the molecule is C=COCCOC(=O)NCCOC(=O)C(=C)C. The number of hydrogen-bond donors (Lipinski definition) is 1. The minimum Gasteiger partial charge on any atom is -0.498 e. The van der Waals surface area contributed by atoms with Crippen molar-refractivity contribution in [1.29, 1.82) is 0 Å². The first-order valence-electron chi connectivity index (χ1n) is 5.03. The molecule has 1 N–H and O–H groups in total. The molecule has 0 saturated carbocycles. The van der Waals surface area contributed by atoms with Gasteiger partial charge in [0.05, 0.1) is 12.8 Å². The Labute approximate surface area is 100 Å². The highest BCUT2D eigenvalue weighted by atomic mass is 16.6. The van der Waals surface area contributed by atoms with Crippen LogP contribution in [0.25, 0.3) is 0 Å². The highest BCUT2D eigenvalue weighted by Crippen LogP contribution is 1.90. The Morgan fingerprint density at radius 3 is 2.53 bits per heavy atom. The van der Waals surface area contributed by atoms with Gasteiger partial charge in [-0.05, 0) is 6.92 Å². The van der Waals surface area contributed by atoms with Gasteiger partial charge in [-0.15, -0.1) is 0 Å². The number of ether oxygens (including phenoxy) is 3. The minimum absolute atomic E-state index is 0.0734. The lowest BCUT2D eigenvalue weighted by atomic mass is 10.4. The van der Waals surface area contributed by atoms with Gasteiger partial charge in [-0.1, -0.05) is 13.2 Å². The van der Waals surface area contributed by atoms with Gasteiger partial charge in [-0.25, -0.2) is 9.59 Å². The van der Waals surface area contributed by atoms with Gasteiger partial charge in [0.15, 0.2) is 0 Å². The van der Waals surface area contributed by atoms with Crippen LogP contribution < -0.4 is 5.32 Å². The quantitative estimate of drug-likeness (QED) is 0.298. The van der Waals surface area contributed by atoms with E-state index < -0.39 is 12.1 Å². The van der Waals surface area contributed by atoms with E-state index in [4.69, 9.17) is 14.2 Å². The van der Waals surface area contributed by atoms with Crippen LogP contribution in [0.3, 0.4) is 0 Å². The molecule has 0 fully saturated rings. The van der Waals surface area contributed by atoms with Crippen molar-refractivity contribution in [3.8, 4) is 0 Å². The predicted molar refractivity (Wildman–Crippen MR) is 61.3 cm³/mol. The Kier molecular flexibility index (Phi) is 8.18. The zero-order valence-electron chi connectivity index (χ0n) is 9.86. The molecule has 0 aromatic rings. The summed E-state index contributed by atoms with van der Waals surface area (Å²) in [6.45, 7) is 8.93. The molecule has 17 heavy (non-hydrogen) atoms. The number of rotatable bonds is 8. The number of amides is 1. The number of hydrogen-bond acceptors (Lipinski definition) is 5. The Hall–Kier alpha value is -1.98. The molecule has 0 aliphatic rings. The van der Waals surface area contributed by atoms with Crippen LogP contribution in [0.2, 0.25) is 0 Å². The third-order valence-corrected chi connectivity index (χ3v) is 1.51. The zero-order valence-corrected chi connectivity index (χ0v) is 9.86. The van der Waals surface area contributed by atoms with Crippen molar-refractivity contribution in [2.24, 2.45) is 0 Å². The summed E-state index contributed by atoms with van der Waals surface area (Å²) in [6.07, 6.45) is 0.669. The highest BCUT2D eigenvalue weighted by molar-refractivity contribution is 5.86. The molecule has 0 aliphatic carbocycles. The average Bonchev–Trinajstić information content (AvgIpc) is 2.29. The van der Waals surface area contributed by atoms with E-state index in [9.17, 15) is 9.59 Å². The van der Waals surface area contributed by atoms with Crippen molar-refractivity contribution in [3.63, 3.8) is 0 Å². The van der Waals surface area contributed by atoms with Crippen LogP contribution in [0.15, 0.2) is 25.0 Å². The maximum absolute atomic E-state index is 11.0. The number of carbonyl (C=O) groups is 2. The number of esters is 1. The maximum atomic E-state index is 11.0. The molecular formula is C11H17NO5. The normalized spacial score (nSPS) is 9.00. The average molecular weight is 243 g/mol. The summed E-state index contributed by atoms with van der Waals surface area (Å²) in [5, 5.41) is 2.40. The van der Waals surface area contributed by atoms with Crippen molar-refractivity contribution in [1.82, 2.24) is 5.32 Å². The molecule has 6 nitrogen and oxygen atoms in total. The lowest BCUT2D eigenvalue weighted by Crippen LogP contribution is -2.29. The summed E-state index contributed by atoms with van der Waals surface area (Å²) >= 11 is 0. The van der Waals surface area contributed by atoms with Gasteiger partial charge in [0, 0.05) is 5.57 Å². The maximum Gasteiger partial charge on any atom is 0.407 e. The molecule has 0 rings (SSSR count). The summed E-state index contributed by atoms with van der Waals surface area (Å²) in [4.78, 5) is 22.0. The molecule has 0 bridgehead atoms. The van der Waals surface area contributed by atoms with E-state index in [0.717, 1.165) is 0 Å².